The van der Waals surface area contributed by atoms with Gasteiger partial charge in [0.1, 0.15) is 6.61 Å². The van der Waals surface area contributed by atoms with Gasteiger partial charge in [0.2, 0.25) is 0 Å². The van der Waals surface area contributed by atoms with E-state index in [4.69, 9.17) is 9.47 Å². The van der Waals surface area contributed by atoms with Gasteiger partial charge in [-0.15, -0.1) is 0 Å². The Bertz CT molecular complexity index is 897. The van der Waals surface area contributed by atoms with Gasteiger partial charge in [-0.3, -0.25) is 9.78 Å². The van der Waals surface area contributed by atoms with Crippen LogP contribution in [0.15, 0.2) is 42.7 Å². The summed E-state index contributed by atoms with van der Waals surface area (Å²) in [4.78, 5) is 22.0. The highest BCUT2D eigenvalue weighted by atomic mass is 16.5. The summed E-state index contributed by atoms with van der Waals surface area (Å²) in [6.45, 7) is 10.4. The third-order valence-corrected chi connectivity index (χ3v) is 6.83. The molecule has 0 bridgehead atoms. The predicted molar refractivity (Wildman–Crippen MR) is 130 cm³/mol. The summed E-state index contributed by atoms with van der Waals surface area (Å²) in [5, 5.41) is 0. The Hall–Kier alpha value is -2.60. The zero-order valence-corrected chi connectivity index (χ0v) is 20.0. The minimum Gasteiger partial charge on any atom is -0.490 e. The topological polar surface area (TPSA) is 54.9 Å². The Balaban J connectivity index is 1.38. The first-order chi connectivity index (χ1) is 16.1. The maximum atomic E-state index is 13.3. The van der Waals surface area contributed by atoms with Crippen molar-refractivity contribution >= 4 is 5.91 Å². The lowest BCUT2D eigenvalue weighted by molar-refractivity contribution is 0.0621. The molecular formula is C27H37N3O3. The van der Waals surface area contributed by atoms with E-state index in [9.17, 15) is 4.79 Å². The molecule has 1 amide bonds. The maximum absolute atomic E-state index is 13.3. The smallest absolute Gasteiger partial charge is 0.254 e. The molecule has 0 aliphatic carbocycles. The van der Waals surface area contributed by atoms with Crippen LogP contribution >= 0.6 is 0 Å². The third-order valence-electron chi connectivity index (χ3n) is 6.83. The average molecular weight is 452 g/mol. The van der Waals surface area contributed by atoms with Gasteiger partial charge in [-0.25, -0.2) is 0 Å². The molecule has 1 aromatic heterocycles. The van der Waals surface area contributed by atoms with E-state index in [2.05, 4.69) is 16.8 Å². The van der Waals surface area contributed by atoms with Gasteiger partial charge in [0.25, 0.3) is 5.91 Å². The molecule has 1 aromatic carbocycles. The van der Waals surface area contributed by atoms with Gasteiger partial charge < -0.3 is 19.3 Å². The minimum atomic E-state index is 0.0913. The Morgan fingerprint density at radius 1 is 1.03 bits per heavy atom. The summed E-state index contributed by atoms with van der Waals surface area (Å²) in [6, 6.07) is 9.41. The molecule has 0 spiro atoms. The minimum absolute atomic E-state index is 0.0913. The Morgan fingerprint density at radius 2 is 1.82 bits per heavy atom. The quantitative estimate of drug-likeness (QED) is 0.585. The molecule has 0 N–H and O–H groups in total. The number of ether oxygens (including phenoxy) is 2. The average Bonchev–Trinajstić information content (AvgIpc) is 2.85. The van der Waals surface area contributed by atoms with Crippen LogP contribution in [0.4, 0.5) is 0 Å². The normalized spacial score (nSPS) is 19.9. The summed E-state index contributed by atoms with van der Waals surface area (Å²) in [7, 11) is 0. The summed E-state index contributed by atoms with van der Waals surface area (Å²) in [5.41, 5.74) is 1.71. The third kappa shape index (κ3) is 6.47. The zero-order valence-electron chi connectivity index (χ0n) is 20.0. The Morgan fingerprint density at radius 3 is 2.58 bits per heavy atom. The molecule has 2 aliphatic rings. The second kappa shape index (κ2) is 11.5. The van der Waals surface area contributed by atoms with Crippen LogP contribution in [0, 0.1) is 11.8 Å². The fourth-order valence-corrected chi connectivity index (χ4v) is 4.86. The molecule has 4 rings (SSSR count). The van der Waals surface area contributed by atoms with Crippen molar-refractivity contribution in [1.82, 2.24) is 14.8 Å². The number of hydrogen-bond acceptors (Lipinski definition) is 5. The molecule has 33 heavy (non-hydrogen) atoms. The lowest BCUT2D eigenvalue weighted by Crippen LogP contribution is -2.45. The molecular weight excluding hydrogens is 414 g/mol. The monoisotopic (exact) mass is 451 g/mol. The van der Waals surface area contributed by atoms with Gasteiger partial charge in [-0.2, -0.15) is 0 Å². The van der Waals surface area contributed by atoms with Crippen LogP contribution in [0.2, 0.25) is 0 Å². The molecule has 1 atom stereocenters. The molecule has 2 saturated heterocycles. The van der Waals surface area contributed by atoms with Crippen molar-refractivity contribution in [2.24, 2.45) is 11.8 Å². The molecule has 2 aromatic rings. The summed E-state index contributed by atoms with van der Waals surface area (Å²) < 4.78 is 11.8. The molecule has 6 heteroatoms. The number of amides is 1. The SMILES string of the molecule is CCOc1cc(C(=O)N2CCCC(CN3CCC(C)CC3)C2)ccc1OCc1ccncc1. The molecule has 1 unspecified atom stereocenters. The van der Waals surface area contributed by atoms with Crippen LogP contribution < -0.4 is 9.47 Å². The van der Waals surface area contributed by atoms with Gasteiger partial charge in [-0.05, 0) is 93.4 Å². The van der Waals surface area contributed by atoms with Crippen molar-refractivity contribution < 1.29 is 14.3 Å². The lowest BCUT2D eigenvalue weighted by atomic mass is 9.94. The van der Waals surface area contributed by atoms with Crippen molar-refractivity contribution in [3.05, 3.63) is 53.9 Å². The lowest BCUT2D eigenvalue weighted by Gasteiger charge is -2.38. The summed E-state index contributed by atoms with van der Waals surface area (Å²) in [5.74, 6) is 2.77. The van der Waals surface area contributed by atoms with E-state index >= 15 is 0 Å². The van der Waals surface area contributed by atoms with E-state index in [0.29, 0.717) is 36.2 Å². The molecule has 178 valence electrons. The Kier molecular flexibility index (Phi) is 8.21. The summed E-state index contributed by atoms with van der Waals surface area (Å²) in [6.07, 6.45) is 8.38. The predicted octanol–water partition coefficient (Wildman–Crippen LogP) is 4.64. The fourth-order valence-electron chi connectivity index (χ4n) is 4.86. The molecule has 2 fully saturated rings. The van der Waals surface area contributed by atoms with Crippen LogP contribution in [0.25, 0.3) is 0 Å². The van der Waals surface area contributed by atoms with Crippen LogP contribution in [0.5, 0.6) is 11.5 Å². The highest BCUT2D eigenvalue weighted by Gasteiger charge is 2.27. The standard InChI is InChI=1S/C27H37N3O3/c1-3-32-26-17-24(6-7-25(26)33-20-22-8-12-28-13-9-22)27(31)30-14-4-5-23(19-30)18-29-15-10-21(2)11-16-29/h6-9,12-13,17,21,23H,3-5,10-11,14-16,18-20H2,1-2H3. The van der Waals surface area contributed by atoms with Crippen LogP contribution in [0.1, 0.15) is 55.5 Å². The number of aromatic nitrogens is 1. The zero-order chi connectivity index (χ0) is 23.0. The number of rotatable bonds is 8. The number of piperidine rings is 2. The van der Waals surface area contributed by atoms with Crippen molar-refractivity contribution in [2.75, 3.05) is 39.3 Å². The molecule has 6 nitrogen and oxygen atoms in total. The molecule has 0 saturated carbocycles. The van der Waals surface area contributed by atoms with Gasteiger partial charge in [0.15, 0.2) is 11.5 Å². The van der Waals surface area contributed by atoms with E-state index in [-0.39, 0.29) is 5.91 Å². The van der Waals surface area contributed by atoms with E-state index in [1.54, 1.807) is 12.4 Å². The number of likely N-dealkylation sites (tertiary alicyclic amines) is 2. The molecule has 3 heterocycles. The van der Waals surface area contributed by atoms with E-state index in [0.717, 1.165) is 37.5 Å². The maximum Gasteiger partial charge on any atom is 0.254 e. The fraction of sp³-hybridized carbons (Fsp3) is 0.556. The largest absolute Gasteiger partial charge is 0.490 e. The van der Waals surface area contributed by atoms with Gasteiger partial charge in [0, 0.05) is 37.6 Å². The number of benzene rings is 1. The summed E-state index contributed by atoms with van der Waals surface area (Å²) >= 11 is 0. The Labute approximate surface area is 197 Å². The van der Waals surface area contributed by atoms with Crippen LogP contribution in [-0.4, -0.2) is 60.0 Å². The van der Waals surface area contributed by atoms with Crippen LogP contribution in [-0.2, 0) is 6.61 Å². The molecule has 2 aliphatic heterocycles. The highest BCUT2D eigenvalue weighted by Crippen LogP contribution is 2.31. The first-order valence-electron chi connectivity index (χ1n) is 12.4. The number of nitrogens with zero attached hydrogens (tertiary/aromatic N) is 3. The number of hydrogen-bond donors (Lipinski definition) is 0. The number of carbonyl (C=O) groups is 1. The number of pyridine rings is 1. The van der Waals surface area contributed by atoms with Crippen molar-refractivity contribution in [2.45, 2.75) is 46.1 Å². The van der Waals surface area contributed by atoms with Gasteiger partial charge in [0.05, 0.1) is 6.61 Å². The van der Waals surface area contributed by atoms with Crippen LogP contribution in [0.3, 0.4) is 0 Å². The van der Waals surface area contributed by atoms with E-state index < -0.39 is 0 Å². The first-order valence-corrected chi connectivity index (χ1v) is 12.4. The van der Waals surface area contributed by atoms with Gasteiger partial charge >= 0.3 is 0 Å². The van der Waals surface area contributed by atoms with Crippen molar-refractivity contribution in [3.8, 4) is 11.5 Å². The van der Waals surface area contributed by atoms with E-state index in [1.165, 1.54) is 32.4 Å². The number of carbonyl (C=O) groups excluding carboxylic acids is 1. The second-order valence-electron chi connectivity index (χ2n) is 9.48. The second-order valence-corrected chi connectivity index (χ2v) is 9.48. The molecule has 0 radical (unpaired) electrons. The van der Waals surface area contributed by atoms with Crippen molar-refractivity contribution in [3.63, 3.8) is 0 Å². The first kappa shape index (κ1) is 23.6. The highest BCUT2D eigenvalue weighted by molar-refractivity contribution is 5.95. The van der Waals surface area contributed by atoms with E-state index in [1.807, 2.05) is 42.2 Å². The van der Waals surface area contributed by atoms with Gasteiger partial charge in [-0.1, -0.05) is 6.92 Å². The van der Waals surface area contributed by atoms with Crippen molar-refractivity contribution in [1.29, 1.82) is 0 Å².